The molecule has 0 amide bonds. The molecule has 1 N–H and O–H groups in total. The standard InChI is InChI=1S/C15H12ClN3O2/c1-2-19-13(6-7-17-19)12-8-10(15(20)21)9-4-3-5-11(16)14(9)18-12/h3-8H,2H2,1H3,(H,20,21). The second kappa shape index (κ2) is 5.18. The molecule has 0 aliphatic carbocycles. The van der Waals surface area contributed by atoms with Gasteiger partial charge in [0.2, 0.25) is 0 Å². The molecule has 3 rings (SSSR count). The lowest BCUT2D eigenvalue weighted by Gasteiger charge is -2.09. The van der Waals surface area contributed by atoms with Crippen LogP contribution in [0.1, 0.15) is 17.3 Å². The van der Waals surface area contributed by atoms with Crippen molar-refractivity contribution in [2.45, 2.75) is 13.5 Å². The quantitative estimate of drug-likeness (QED) is 0.804. The Hall–Kier alpha value is -2.40. The summed E-state index contributed by atoms with van der Waals surface area (Å²) in [6, 6.07) is 8.49. The zero-order valence-electron chi connectivity index (χ0n) is 11.2. The van der Waals surface area contributed by atoms with Crippen LogP contribution >= 0.6 is 11.6 Å². The van der Waals surface area contributed by atoms with Crippen LogP contribution in [0.3, 0.4) is 0 Å². The van der Waals surface area contributed by atoms with E-state index in [1.807, 2.05) is 6.92 Å². The van der Waals surface area contributed by atoms with E-state index in [0.29, 0.717) is 28.2 Å². The lowest BCUT2D eigenvalue weighted by Crippen LogP contribution is -2.04. The zero-order valence-corrected chi connectivity index (χ0v) is 12.0. The molecule has 3 aromatic rings. The van der Waals surface area contributed by atoms with Crippen molar-refractivity contribution in [1.82, 2.24) is 14.8 Å². The number of benzene rings is 1. The summed E-state index contributed by atoms with van der Waals surface area (Å²) in [5.74, 6) is -1.01. The maximum absolute atomic E-state index is 11.5. The number of carbonyl (C=O) groups is 1. The van der Waals surface area contributed by atoms with Gasteiger partial charge in [0.25, 0.3) is 0 Å². The number of para-hydroxylation sites is 1. The third kappa shape index (κ3) is 2.25. The number of aromatic nitrogens is 3. The van der Waals surface area contributed by atoms with E-state index in [1.165, 1.54) is 0 Å². The largest absolute Gasteiger partial charge is 0.478 e. The van der Waals surface area contributed by atoms with Crippen molar-refractivity contribution in [1.29, 1.82) is 0 Å². The number of hydrogen-bond acceptors (Lipinski definition) is 3. The van der Waals surface area contributed by atoms with Gasteiger partial charge in [0, 0.05) is 18.1 Å². The zero-order chi connectivity index (χ0) is 15.0. The Morgan fingerprint density at radius 2 is 2.19 bits per heavy atom. The Labute approximate surface area is 125 Å². The molecule has 0 fully saturated rings. The van der Waals surface area contributed by atoms with Crippen LogP contribution in [0, 0.1) is 0 Å². The third-order valence-corrected chi connectivity index (χ3v) is 3.60. The van der Waals surface area contributed by atoms with Gasteiger partial charge in [0.1, 0.15) is 0 Å². The van der Waals surface area contributed by atoms with E-state index in [2.05, 4.69) is 10.1 Å². The molecule has 106 valence electrons. The monoisotopic (exact) mass is 301 g/mol. The summed E-state index contributed by atoms with van der Waals surface area (Å²) in [7, 11) is 0. The van der Waals surface area contributed by atoms with Gasteiger partial charge in [-0.1, -0.05) is 23.7 Å². The molecular weight excluding hydrogens is 290 g/mol. The summed E-state index contributed by atoms with van der Waals surface area (Å²) in [6.45, 7) is 2.63. The van der Waals surface area contributed by atoms with E-state index in [1.54, 1.807) is 41.2 Å². The number of aryl methyl sites for hydroxylation is 1. The van der Waals surface area contributed by atoms with Gasteiger partial charge in [-0.15, -0.1) is 0 Å². The van der Waals surface area contributed by atoms with Crippen molar-refractivity contribution in [2.24, 2.45) is 0 Å². The predicted molar refractivity (Wildman–Crippen MR) is 80.6 cm³/mol. The second-order valence-electron chi connectivity index (χ2n) is 4.53. The summed E-state index contributed by atoms with van der Waals surface area (Å²) in [5, 5.41) is 14.6. The van der Waals surface area contributed by atoms with Crippen LogP contribution < -0.4 is 0 Å². The van der Waals surface area contributed by atoms with Crippen molar-refractivity contribution < 1.29 is 9.90 Å². The van der Waals surface area contributed by atoms with Gasteiger partial charge in [-0.2, -0.15) is 5.10 Å². The summed E-state index contributed by atoms with van der Waals surface area (Å²) >= 11 is 6.16. The normalized spacial score (nSPS) is 11.0. The van der Waals surface area contributed by atoms with Crippen LogP contribution in [0.25, 0.3) is 22.3 Å². The van der Waals surface area contributed by atoms with Crippen LogP contribution in [0.4, 0.5) is 0 Å². The first kappa shape index (κ1) is 13.6. The van der Waals surface area contributed by atoms with Gasteiger partial charge in [-0.25, -0.2) is 9.78 Å². The van der Waals surface area contributed by atoms with E-state index < -0.39 is 5.97 Å². The fourth-order valence-corrected chi connectivity index (χ4v) is 2.54. The Morgan fingerprint density at radius 1 is 1.38 bits per heavy atom. The number of carboxylic acid groups (broad SMARTS) is 1. The minimum atomic E-state index is -1.01. The van der Waals surface area contributed by atoms with Gasteiger partial charge >= 0.3 is 5.97 Å². The van der Waals surface area contributed by atoms with Crippen molar-refractivity contribution in [3.8, 4) is 11.4 Å². The van der Waals surface area contributed by atoms with Crippen molar-refractivity contribution >= 4 is 28.5 Å². The van der Waals surface area contributed by atoms with Crippen molar-refractivity contribution in [3.63, 3.8) is 0 Å². The van der Waals surface area contributed by atoms with Crippen LogP contribution in [-0.4, -0.2) is 25.8 Å². The number of carboxylic acids is 1. The first-order chi connectivity index (χ1) is 10.1. The minimum absolute atomic E-state index is 0.182. The Morgan fingerprint density at radius 3 is 2.90 bits per heavy atom. The average molecular weight is 302 g/mol. The van der Waals surface area contributed by atoms with Crippen LogP contribution in [0.15, 0.2) is 36.5 Å². The molecule has 1 aromatic carbocycles. The number of rotatable bonds is 3. The number of aromatic carboxylic acids is 1. The highest BCUT2D eigenvalue weighted by Gasteiger charge is 2.16. The SMILES string of the molecule is CCn1nccc1-c1cc(C(=O)O)c2cccc(Cl)c2n1. The van der Waals surface area contributed by atoms with E-state index in [9.17, 15) is 9.90 Å². The fourth-order valence-electron chi connectivity index (χ4n) is 2.32. The van der Waals surface area contributed by atoms with Crippen LogP contribution in [-0.2, 0) is 6.54 Å². The summed E-state index contributed by atoms with van der Waals surface area (Å²) in [6.07, 6.45) is 1.66. The van der Waals surface area contributed by atoms with E-state index >= 15 is 0 Å². The van der Waals surface area contributed by atoms with Crippen LogP contribution in [0.2, 0.25) is 5.02 Å². The van der Waals surface area contributed by atoms with Gasteiger partial charge in [0.05, 0.1) is 27.5 Å². The van der Waals surface area contributed by atoms with Gasteiger partial charge in [-0.05, 0) is 25.1 Å². The van der Waals surface area contributed by atoms with Gasteiger partial charge in [-0.3, -0.25) is 4.68 Å². The first-order valence-electron chi connectivity index (χ1n) is 6.46. The van der Waals surface area contributed by atoms with Crippen LogP contribution in [0.5, 0.6) is 0 Å². The van der Waals surface area contributed by atoms with E-state index in [0.717, 1.165) is 5.69 Å². The lowest BCUT2D eigenvalue weighted by molar-refractivity contribution is 0.0699. The highest BCUT2D eigenvalue weighted by atomic mass is 35.5. The number of halogens is 1. The Bertz CT molecular complexity index is 842. The average Bonchev–Trinajstić information content (AvgIpc) is 2.95. The number of pyridine rings is 1. The molecule has 2 aromatic heterocycles. The fraction of sp³-hybridized carbons (Fsp3) is 0.133. The molecule has 0 atom stereocenters. The molecule has 0 saturated carbocycles. The van der Waals surface area contributed by atoms with Crippen molar-refractivity contribution in [2.75, 3.05) is 0 Å². The highest BCUT2D eigenvalue weighted by Crippen LogP contribution is 2.29. The third-order valence-electron chi connectivity index (χ3n) is 3.30. The molecule has 0 unspecified atom stereocenters. The van der Waals surface area contributed by atoms with Gasteiger partial charge < -0.3 is 5.11 Å². The second-order valence-corrected chi connectivity index (χ2v) is 4.94. The molecule has 5 nitrogen and oxygen atoms in total. The van der Waals surface area contributed by atoms with Crippen molar-refractivity contribution in [3.05, 3.63) is 47.1 Å². The topological polar surface area (TPSA) is 68.0 Å². The molecule has 0 bridgehead atoms. The summed E-state index contributed by atoms with van der Waals surface area (Å²) in [5.41, 5.74) is 1.98. The minimum Gasteiger partial charge on any atom is -0.478 e. The number of hydrogen-bond donors (Lipinski definition) is 1. The molecule has 0 radical (unpaired) electrons. The molecule has 6 heteroatoms. The molecule has 0 saturated heterocycles. The molecule has 0 aliphatic rings. The van der Waals surface area contributed by atoms with E-state index in [-0.39, 0.29) is 5.56 Å². The Balaban J connectivity index is 2.35. The first-order valence-corrected chi connectivity index (χ1v) is 6.84. The summed E-state index contributed by atoms with van der Waals surface area (Å²) in [4.78, 5) is 16.0. The molecule has 0 aliphatic heterocycles. The molecule has 2 heterocycles. The number of fused-ring (bicyclic) bond motifs is 1. The van der Waals surface area contributed by atoms with E-state index in [4.69, 9.17) is 11.6 Å². The molecular formula is C15H12ClN3O2. The summed E-state index contributed by atoms with van der Waals surface area (Å²) < 4.78 is 1.76. The molecule has 21 heavy (non-hydrogen) atoms. The smallest absolute Gasteiger partial charge is 0.336 e. The highest BCUT2D eigenvalue weighted by molar-refractivity contribution is 6.35. The molecule has 0 spiro atoms. The van der Waals surface area contributed by atoms with Gasteiger partial charge in [0.15, 0.2) is 0 Å². The number of nitrogens with zero attached hydrogens (tertiary/aromatic N) is 3. The maximum atomic E-state index is 11.5. The predicted octanol–water partition coefficient (Wildman–Crippen LogP) is 3.47. The lowest BCUT2D eigenvalue weighted by atomic mass is 10.1. The Kier molecular flexibility index (Phi) is 3.35. The maximum Gasteiger partial charge on any atom is 0.336 e.